The maximum absolute atomic E-state index is 8.37. The van der Waals surface area contributed by atoms with E-state index in [9.17, 15) is 0 Å². The van der Waals surface area contributed by atoms with Gasteiger partial charge in [0.2, 0.25) is 0 Å². The topological polar surface area (TPSA) is 61.7 Å². The number of rotatable bonds is 11. The quantitative estimate of drug-likeness (QED) is 0.277. The summed E-state index contributed by atoms with van der Waals surface area (Å²) in [6.07, 6.45) is 8.98. The molecule has 0 rings (SSSR count). The molecule has 0 heterocycles. The van der Waals surface area contributed by atoms with Crippen LogP contribution in [-0.4, -0.2) is 30.6 Å². The molecule has 0 radical (unpaired) electrons. The number of hydrogen-bond donors (Lipinski definition) is 3. The SMILES string of the molecule is CCCCCCCCCNCOB(O)O. The Morgan fingerprint density at radius 3 is 2.20 bits per heavy atom. The Morgan fingerprint density at radius 2 is 1.60 bits per heavy atom. The van der Waals surface area contributed by atoms with Crippen LogP contribution in [0, 0.1) is 0 Å². The summed E-state index contributed by atoms with van der Waals surface area (Å²) in [5.74, 6) is 0. The molecule has 0 spiro atoms. The predicted octanol–water partition coefficient (Wildman–Crippen LogP) is 1.27. The van der Waals surface area contributed by atoms with Gasteiger partial charge < -0.3 is 14.7 Å². The van der Waals surface area contributed by atoms with Crippen LogP contribution in [0.1, 0.15) is 51.9 Å². The molecule has 4 nitrogen and oxygen atoms in total. The van der Waals surface area contributed by atoms with Crippen molar-refractivity contribution in [3.63, 3.8) is 0 Å². The van der Waals surface area contributed by atoms with Crippen LogP contribution in [0.2, 0.25) is 0 Å². The van der Waals surface area contributed by atoms with Crippen molar-refractivity contribution < 1.29 is 14.7 Å². The van der Waals surface area contributed by atoms with Gasteiger partial charge in [0, 0.05) is 0 Å². The minimum atomic E-state index is -1.66. The molecule has 3 N–H and O–H groups in total. The van der Waals surface area contributed by atoms with E-state index in [2.05, 4.69) is 16.9 Å². The lowest BCUT2D eigenvalue weighted by atomic mass is 10.1. The van der Waals surface area contributed by atoms with E-state index in [-0.39, 0.29) is 6.73 Å². The first kappa shape index (κ1) is 14.9. The van der Waals surface area contributed by atoms with E-state index in [1.54, 1.807) is 0 Å². The first-order chi connectivity index (χ1) is 7.27. The van der Waals surface area contributed by atoms with Crippen LogP contribution in [0.5, 0.6) is 0 Å². The molecule has 0 bridgehead atoms. The summed E-state index contributed by atoms with van der Waals surface area (Å²) in [5, 5.41) is 19.7. The van der Waals surface area contributed by atoms with E-state index < -0.39 is 7.32 Å². The van der Waals surface area contributed by atoms with Gasteiger partial charge in [-0.05, 0) is 13.0 Å². The monoisotopic (exact) mass is 217 g/mol. The average Bonchev–Trinajstić information content (AvgIpc) is 2.20. The Labute approximate surface area is 93.2 Å². The highest BCUT2D eigenvalue weighted by atomic mass is 16.6. The van der Waals surface area contributed by atoms with Crippen molar-refractivity contribution in [2.75, 3.05) is 13.3 Å². The molecule has 0 saturated carbocycles. The van der Waals surface area contributed by atoms with Crippen LogP contribution >= 0.6 is 0 Å². The maximum atomic E-state index is 8.37. The van der Waals surface area contributed by atoms with Gasteiger partial charge in [-0.3, -0.25) is 5.32 Å². The van der Waals surface area contributed by atoms with Gasteiger partial charge in [0.05, 0.1) is 6.73 Å². The van der Waals surface area contributed by atoms with Crippen LogP contribution in [0.15, 0.2) is 0 Å². The molecule has 0 saturated heterocycles. The van der Waals surface area contributed by atoms with Crippen LogP contribution in [0.25, 0.3) is 0 Å². The van der Waals surface area contributed by atoms with Crippen molar-refractivity contribution >= 4 is 7.32 Å². The lowest BCUT2D eigenvalue weighted by Gasteiger charge is -2.05. The molecule has 5 heteroatoms. The zero-order valence-corrected chi connectivity index (χ0v) is 9.74. The van der Waals surface area contributed by atoms with Gasteiger partial charge in [0.1, 0.15) is 0 Å². The van der Waals surface area contributed by atoms with E-state index in [1.807, 2.05) is 0 Å². The minimum Gasteiger partial charge on any atom is -0.402 e. The van der Waals surface area contributed by atoms with E-state index in [1.165, 1.54) is 38.5 Å². The summed E-state index contributed by atoms with van der Waals surface area (Å²) in [6, 6.07) is 0. The molecule has 0 aliphatic heterocycles. The normalized spacial score (nSPS) is 10.6. The van der Waals surface area contributed by atoms with Crippen molar-refractivity contribution in [2.45, 2.75) is 51.9 Å². The van der Waals surface area contributed by atoms with Gasteiger partial charge in [-0.1, -0.05) is 45.4 Å². The number of hydrogen-bond acceptors (Lipinski definition) is 4. The summed E-state index contributed by atoms with van der Waals surface area (Å²) in [7, 11) is -1.66. The average molecular weight is 217 g/mol. The second kappa shape index (κ2) is 12.0. The van der Waals surface area contributed by atoms with E-state index in [0.29, 0.717) is 0 Å². The van der Waals surface area contributed by atoms with Crippen LogP contribution in [0.4, 0.5) is 0 Å². The Balaban J connectivity index is 2.87. The van der Waals surface area contributed by atoms with Crippen molar-refractivity contribution in [3.8, 4) is 0 Å². The Bertz CT molecular complexity index is 125. The molecular formula is C10H24BNO3. The van der Waals surface area contributed by atoms with Gasteiger partial charge in [-0.15, -0.1) is 0 Å². The largest absolute Gasteiger partial charge is 0.634 e. The van der Waals surface area contributed by atoms with Crippen LogP contribution < -0.4 is 5.32 Å². The van der Waals surface area contributed by atoms with E-state index in [4.69, 9.17) is 10.0 Å². The highest BCUT2D eigenvalue weighted by molar-refractivity contribution is 6.32. The van der Waals surface area contributed by atoms with Crippen molar-refractivity contribution in [1.82, 2.24) is 5.32 Å². The second-order valence-electron chi connectivity index (χ2n) is 3.76. The third-order valence-electron chi connectivity index (χ3n) is 2.29. The smallest absolute Gasteiger partial charge is 0.402 e. The predicted molar refractivity (Wildman–Crippen MR) is 62.1 cm³/mol. The van der Waals surface area contributed by atoms with Crippen molar-refractivity contribution in [2.24, 2.45) is 0 Å². The first-order valence-corrected chi connectivity index (χ1v) is 5.95. The molecule has 90 valence electrons. The third-order valence-corrected chi connectivity index (χ3v) is 2.29. The zero-order chi connectivity index (χ0) is 11.4. The molecule has 0 atom stereocenters. The molecule has 0 aromatic heterocycles. The molecule has 15 heavy (non-hydrogen) atoms. The summed E-state index contributed by atoms with van der Waals surface area (Å²) in [4.78, 5) is 0. The molecular weight excluding hydrogens is 193 g/mol. The van der Waals surface area contributed by atoms with E-state index in [0.717, 1.165) is 13.0 Å². The molecule has 0 fully saturated rings. The van der Waals surface area contributed by atoms with Gasteiger partial charge in [0.15, 0.2) is 0 Å². The molecule has 0 aromatic rings. The highest BCUT2D eigenvalue weighted by Crippen LogP contribution is 2.06. The van der Waals surface area contributed by atoms with Gasteiger partial charge >= 0.3 is 7.32 Å². The van der Waals surface area contributed by atoms with Gasteiger partial charge in [0.25, 0.3) is 0 Å². The Morgan fingerprint density at radius 1 is 1.00 bits per heavy atom. The minimum absolute atomic E-state index is 0.202. The zero-order valence-electron chi connectivity index (χ0n) is 9.74. The first-order valence-electron chi connectivity index (χ1n) is 5.95. The molecule has 0 aromatic carbocycles. The summed E-state index contributed by atoms with van der Waals surface area (Å²) in [6.45, 7) is 3.30. The van der Waals surface area contributed by atoms with E-state index >= 15 is 0 Å². The third kappa shape index (κ3) is 13.9. The summed E-state index contributed by atoms with van der Waals surface area (Å²) >= 11 is 0. The lowest BCUT2D eigenvalue weighted by Crippen LogP contribution is -2.26. The number of unbranched alkanes of at least 4 members (excludes halogenated alkanes) is 6. The molecule has 0 unspecified atom stereocenters. The Hall–Kier alpha value is -0.0951. The standard InChI is InChI=1S/C10H24BNO3/c1-2-3-4-5-6-7-8-9-12-10-15-11(13)14/h12-14H,2-10H2,1H3. The fourth-order valence-electron chi connectivity index (χ4n) is 1.41. The maximum Gasteiger partial charge on any atom is 0.634 e. The number of nitrogens with one attached hydrogen (secondary N) is 1. The molecule has 0 aliphatic carbocycles. The fourth-order valence-corrected chi connectivity index (χ4v) is 1.41. The Kier molecular flexibility index (Phi) is 11.9. The molecule has 0 aliphatic rings. The van der Waals surface area contributed by atoms with Crippen molar-refractivity contribution in [3.05, 3.63) is 0 Å². The molecule has 0 amide bonds. The fraction of sp³-hybridized carbons (Fsp3) is 1.00. The summed E-state index contributed by atoms with van der Waals surface area (Å²) in [5.41, 5.74) is 0. The summed E-state index contributed by atoms with van der Waals surface area (Å²) < 4.78 is 4.50. The van der Waals surface area contributed by atoms with Gasteiger partial charge in [-0.25, -0.2) is 0 Å². The van der Waals surface area contributed by atoms with Crippen molar-refractivity contribution in [1.29, 1.82) is 0 Å². The van der Waals surface area contributed by atoms with Crippen LogP contribution in [-0.2, 0) is 4.65 Å². The van der Waals surface area contributed by atoms with Gasteiger partial charge in [-0.2, -0.15) is 0 Å². The highest BCUT2D eigenvalue weighted by Gasteiger charge is 2.05. The van der Waals surface area contributed by atoms with Crippen LogP contribution in [0.3, 0.4) is 0 Å². The second-order valence-corrected chi connectivity index (χ2v) is 3.76. The lowest BCUT2D eigenvalue weighted by molar-refractivity contribution is 0.171.